The fraction of sp³-hybridized carbons (Fsp3) is 0.0248. The minimum atomic E-state index is -0.0350. The van der Waals surface area contributed by atoms with Crippen LogP contribution in [0.2, 0.25) is 0 Å². The van der Waals surface area contributed by atoms with E-state index in [2.05, 4.69) is 384 Å². The van der Waals surface area contributed by atoms with Gasteiger partial charge >= 0.3 is 0 Å². The molecule has 0 N–H and O–H groups in total. The van der Waals surface area contributed by atoms with Crippen molar-refractivity contribution in [3.8, 4) is 33.9 Å². The summed E-state index contributed by atoms with van der Waals surface area (Å²) in [6, 6.07) is 147. The third-order valence-corrected chi connectivity index (χ3v) is 28.9. The molecule has 0 unspecified atom stereocenters. The number of rotatable bonds is 4. The van der Waals surface area contributed by atoms with Gasteiger partial charge < -0.3 is 40.4 Å². The fourth-order valence-corrected chi connectivity index (χ4v) is 22.9. The van der Waals surface area contributed by atoms with E-state index in [9.17, 15) is 0 Å². The minimum absolute atomic E-state index is 0.0350. The molecule has 20 aromatic carbocycles. The highest BCUT2D eigenvalue weighted by molar-refractivity contribution is 7.25. The van der Waals surface area contributed by atoms with Crippen molar-refractivity contribution in [1.82, 2.24) is 18.3 Å². The molecule has 1 aliphatic carbocycles. The van der Waals surface area contributed by atoms with Crippen molar-refractivity contribution >= 4 is 239 Å². The molecule has 0 saturated heterocycles. The Kier molecular flexibility index (Phi) is 15.7. The number of hydrogen-bond acceptors (Lipinski definition) is 6. The summed E-state index contributed by atoms with van der Waals surface area (Å²) in [5, 5.41) is 26.7. The van der Waals surface area contributed by atoms with Crippen molar-refractivity contribution in [2.75, 3.05) is 0 Å². The monoisotopic (exact) mass is 1690 g/mol. The summed E-state index contributed by atoms with van der Waals surface area (Å²) in [6.45, 7) is 4.68. The highest BCUT2D eigenvalue weighted by Gasteiger charge is 2.36. The summed E-state index contributed by atoms with van der Waals surface area (Å²) in [5.41, 5.74) is 28.8. The standard InChI is InChI=1S/C33H23NO.C30H17NO2.C30H17NOS.C28H17NO/c1-33(2)27-12-6-3-9-21(27)22-16-15-20(17-28(22)33)34-29-13-7-4-10-23(29)25-18-26-24-11-5-8-14-31(24)35-32(26)19-30(25)34;1-4-10-25-19(7-1)22-16-24-21-9-3-6-12-28(21)33-30(24)17-26(22)31(25)18-13-14-29-23(15-18)20-8-2-5-11-27(20)32-29;1-4-10-25-19(7-1)23-16-24-20-8-2-5-11-27(20)32-28(24)17-26(23)31(25)18-13-14-22-21-9-3-6-12-29(21)33-30(22)15-18;1-2-10-19-18(8-1)9-7-14-24(19)29-25-13-5-3-11-20(25)22-16-23-21-12-4-6-15-27(21)30-28(23)17-26(22)29/h3-19H,1-2H3;2*1-17H;1-17H. The summed E-state index contributed by atoms with van der Waals surface area (Å²) in [4.78, 5) is 0. The maximum absolute atomic E-state index is 6.28. The number of nitrogens with zero attached hydrogens (tertiary/aromatic N) is 4. The first-order chi connectivity index (χ1) is 64.7. The first-order valence-electron chi connectivity index (χ1n) is 44.6. The molecule has 10 heteroatoms. The second-order valence-corrected chi connectivity index (χ2v) is 36.3. The lowest BCUT2D eigenvalue weighted by molar-refractivity contribution is 0.660. The van der Waals surface area contributed by atoms with E-state index in [1.54, 1.807) is 0 Å². The molecular formula is C121H74N4O5S. The average molecular weight is 1700 g/mol. The predicted octanol–water partition coefficient (Wildman–Crippen LogP) is 34.5. The van der Waals surface area contributed by atoms with Gasteiger partial charge in [-0.3, -0.25) is 0 Å². The number of aromatic nitrogens is 4. The molecule has 0 amide bonds. The van der Waals surface area contributed by atoms with E-state index in [-0.39, 0.29) is 5.41 Å². The Morgan fingerprint density at radius 2 is 0.504 bits per heavy atom. The third-order valence-electron chi connectivity index (χ3n) is 27.8. The molecule has 9 nitrogen and oxygen atoms in total. The van der Waals surface area contributed by atoms with E-state index >= 15 is 0 Å². The molecule has 0 fully saturated rings. The van der Waals surface area contributed by atoms with E-state index < -0.39 is 0 Å². The van der Waals surface area contributed by atoms with Gasteiger partial charge in [-0.15, -0.1) is 11.3 Å². The van der Waals surface area contributed by atoms with Crippen molar-refractivity contribution in [2.24, 2.45) is 0 Å². The summed E-state index contributed by atoms with van der Waals surface area (Å²) in [6.07, 6.45) is 0. The zero-order valence-corrected chi connectivity index (χ0v) is 71.8. The molecule has 0 aliphatic heterocycles. The number of thiophene rings is 1. The predicted molar refractivity (Wildman–Crippen MR) is 547 cm³/mol. The Morgan fingerprint density at radius 3 is 0.985 bits per heavy atom. The molecule has 0 saturated carbocycles. The van der Waals surface area contributed by atoms with E-state index in [4.69, 9.17) is 22.1 Å². The second kappa shape index (κ2) is 28.0. The van der Waals surface area contributed by atoms with E-state index in [0.717, 1.165) is 99.4 Å². The Balaban J connectivity index is 0.0000000877. The van der Waals surface area contributed by atoms with E-state index in [1.165, 1.54) is 174 Å². The molecule has 31 rings (SSSR count). The van der Waals surface area contributed by atoms with Gasteiger partial charge in [-0.1, -0.05) is 269 Å². The largest absolute Gasteiger partial charge is 0.456 e. The maximum Gasteiger partial charge on any atom is 0.137 e. The zero-order chi connectivity index (χ0) is 86.0. The Morgan fingerprint density at radius 1 is 0.183 bits per heavy atom. The number of hydrogen-bond donors (Lipinski definition) is 0. The van der Waals surface area contributed by atoms with Crippen LogP contribution in [0.5, 0.6) is 0 Å². The van der Waals surface area contributed by atoms with Crippen LogP contribution in [-0.2, 0) is 5.41 Å². The molecule has 10 heterocycles. The van der Waals surface area contributed by atoms with Crippen molar-refractivity contribution < 1.29 is 22.1 Å². The lowest BCUT2D eigenvalue weighted by Gasteiger charge is -2.22. The van der Waals surface area contributed by atoms with Gasteiger partial charge in [0, 0.05) is 169 Å². The molecule has 0 bridgehead atoms. The van der Waals surface area contributed by atoms with Crippen LogP contribution in [0.15, 0.2) is 435 Å². The zero-order valence-electron chi connectivity index (χ0n) is 71.0. The SMILES string of the molecule is CC1(C)c2ccccc2-c2ccc(-n3c4ccccc4c4cc5c(cc43)oc3ccccc35)cc21.c1ccc2c(-n3c4ccccc4c4cc5c(cc43)oc3ccccc35)cccc2c1.c1ccc2c(c1)oc1cc3c(cc12)c1ccccc1n3-c1ccc2c(c1)sc1ccccc12.c1ccc2c(c1)oc1ccc(-n3c4ccccc4c4cc5c(cc43)oc3ccccc35)cc12. The van der Waals surface area contributed by atoms with E-state index in [1.807, 2.05) is 72.0 Å². The molecule has 0 spiro atoms. The van der Waals surface area contributed by atoms with Crippen molar-refractivity contribution in [3.05, 3.63) is 424 Å². The van der Waals surface area contributed by atoms with Crippen LogP contribution in [0.4, 0.5) is 0 Å². The fourth-order valence-electron chi connectivity index (χ4n) is 21.8. The summed E-state index contributed by atoms with van der Waals surface area (Å²) in [7, 11) is 0. The van der Waals surface area contributed by atoms with Crippen molar-refractivity contribution in [1.29, 1.82) is 0 Å². The van der Waals surface area contributed by atoms with Crippen LogP contribution in [0.1, 0.15) is 25.0 Å². The summed E-state index contributed by atoms with van der Waals surface area (Å²) < 4.78 is 43.2. The van der Waals surface area contributed by atoms with Crippen LogP contribution in [0.25, 0.3) is 262 Å². The van der Waals surface area contributed by atoms with Crippen LogP contribution in [0, 0.1) is 0 Å². The number of para-hydroxylation sites is 9. The topological polar surface area (TPSA) is 85.4 Å². The van der Waals surface area contributed by atoms with E-state index in [0.29, 0.717) is 0 Å². The molecule has 131 heavy (non-hydrogen) atoms. The van der Waals surface area contributed by atoms with Gasteiger partial charge in [0.2, 0.25) is 0 Å². The maximum atomic E-state index is 6.28. The summed E-state index contributed by atoms with van der Waals surface area (Å²) in [5.74, 6) is 0. The third kappa shape index (κ3) is 11.0. The van der Waals surface area contributed by atoms with Gasteiger partial charge in [0.1, 0.15) is 55.8 Å². The van der Waals surface area contributed by atoms with Crippen LogP contribution >= 0.6 is 11.3 Å². The Bertz CT molecular complexity index is 10100. The number of fused-ring (bicyclic) bond motifs is 34. The molecule has 30 aromatic rings. The summed E-state index contributed by atoms with van der Waals surface area (Å²) >= 11 is 1.86. The molecule has 614 valence electrons. The van der Waals surface area contributed by atoms with Gasteiger partial charge in [0.05, 0.1) is 49.8 Å². The van der Waals surface area contributed by atoms with Gasteiger partial charge in [-0.2, -0.15) is 0 Å². The number of benzene rings is 20. The molecule has 1 aliphatic rings. The number of furan rings is 5. The first kappa shape index (κ1) is 73.3. The second-order valence-electron chi connectivity index (χ2n) is 35.2. The minimum Gasteiger partial charge on any atom is -0.456 e. The molecule has 0 atom stereocenters. The average Bonchev–Trinajstić information content (AvgIpc) is 1.57. The Labute approximate surface area is 751 Å². The lowest BCUT2D eigenvalue weighted by Crippen LogP contribution is -2.15. The van der Waals surface area contributed by atoms with Crippen molar-refractivity contribution in [2.45, 2.75) is 19.3 Å². The normalized spacial score (nSPS) is 12.7. The lowest BCUT2D eigenvalue weighted by atomic mass is 9.82. The van der Waals surface area contributed by atoms with Crippen LogP contribution < -0.4 is 0 Å². The molecular weight excluding hydrogens is 1620 g/mol. The van der Waals surface area contributed by atoms with Crippen LogP contribution in [0.3, 0.4) is 0 Å². The Hall–Kier alpha value is -16.9. The van der Waals surface area contributed by atoms with Gasteiger partial charge in [-0.05, 0) is 161 Å². The van der Waals surface area contributed by atoms with Gasteiger partial charge in [0.15, 0.2) is 0 Å². The van der Waals surface area contributed by atoms with Crippen molar-refractivity contribution in [3.63, 3.8) is 0 Å². The quantitative estimate of drug-likeness (QED) is 0.175. The van der Waals surface area contributed by atoms with Crippen LogP contribution in [-0.4, -0.2) is 18.3 Å². The van der Waals surface area contributed by atoms with Gasteiger partial charge in [-0.25, -0.2) is 0 Å². The molecule has 10 aromatic heterocycles. The first-order valence-corrected chi connectivity index (χ1v) is 45.5. The highest BCUT2D eigenvalue weighted by Crippen LogP contribution is 2.52. The highest BCUT2D eigenvalue weighted by atomic mass is 32.1. The molecule has 0 radical (unpaired) electrons. The smallest absolute Gasteiger partial charge is 0.137 e. The van der Waals surface area contributed by atoms with Gasteiger partial charge in [0.25, 0.3) is 0 Å².